The lowest BCUT2D eigenvalue weighted by atomic mass is 10.3. The SMILES string of the molecule is NCCOCCOCCOCCOCCOCCOCCOCCOCCOc1ccc(N)cc1. The van der Waals surface area contributed by atoms with Crippen LogP contribution < -0.4 is 16.2 Å². The van der Waals surface area contributed by atoms with Crippen molar-refractivity contribution in [2.75, 3.05) is 125 Å². The minimum atomic E-state index is 0.480. The van der Waals surface area contributed by atoms with Crippen LogP contribution in [0.1, 0.15) is 0 Å². The smallest absolute Gasteiger partial charge is 0.119 e. The molecule has 0 aliphatic rings. The van der Waals surface area contributed by atoms with E-state index in [2.05, 4.69) is 0 Å². The number of hydrogen-bond acceptors (Lipinski definition) is 11. The monoisotopic (exact) mass is 504 g/mol. The number of nitrogens with two attached hydrogens (primary N) is 2. The molecule has 35 heavy (non-hydrogen) atoms. The van der Waals surface area contributed by atoms with Crippen molar-refractivity contribution in [2.24, 2.45) is 5.73 Å². The second-order valence-corrected chi connectivity index (χ2v) is 7.11. The second-order valence-electron chi connectivity index (χ2n) is 7.11. The molecule has 0 spiro atoms. The third-order valence-corrected chi connectivity index (χ3v) is 4.24. The molecule has 0 radical (unpaired) electrons. The highest BCUT2D eigenvalue weighted by atomic mass is 16.6. The van der Waals surface area contributed by atoms with Crippen molar-refractivity contribution in [1.82, 2.24) is 0 Å². The van der Waals surface area contributed by atoms with Gasteiger partial charge in [0.05, 0.1) is 106 Å². The van der Waals surface area contributed by atoms with Crippen LogP contribution in [0.3, 0.4) is 0 Å². The first kappa shape index (κ1) is 31.5. The lowest BCUT2D eigenvalue weighted by Crippen LogP contribution is -2.15. The lowest BCUT2D eigenvalue weighted by Gasteiger charge is -2.09. The van der Waals surface area contributed by atoms with Gasteiger partial charge in [0, 0.05) is 12.2 Å². The van der Waals surface area contributed by atoms with Crippen LogP contribution in [0.5, 0.6) is 5.75 Å². The quantitative estimate of drug-likeness (QED) is 0.130. The van der Waals surface area contributed by atoms with Gasteiger partial charge in [0.15, 0.2) is 0 Å². The molecule has 0 bridgehead atoms. The minimum Gasteiger partial charge on any atom is -0.491 e. The van der Waals surface area contributed by atoms with E-state index in [0.29, 0.717) is 125 Å². The molecular weight excluding hydrogens is 460 g/mol. The molecule has 0 saturated carbocycles. The molecule has 0 amide bonds. The number of nitrogen functional groups attached to an aromatic ring is 1. The second kappa shape index (κ2) is 25.5. The predicted molar refractivity (Wildman–Crippen MR) is 132 cm³/mol. The van der Waals surface area contributed by atoms with Gasteiger partial charge >= 0.3 is 0 Å². The maximum Gasteiger partial charge on any atom is 0.119 e. The Bertz CT molecular complexity index is 552. The fourth-order valence-corrected chi connectivity index (χ4v) is 2.51. The summed E-state index contributed by atoms with van der Waals surface area (Å²) in [6.07, 6.45) is 0. The normalized spacial score (nSPS) is 11.2. The van der Waals surface area contributed by atoms with Crippen molar-refractivity contribution in [2.45, 2.75) is 0 Å². The first-order chi connectivity index (χ1) is 17.3. The van der Waals surface area contributed by atoms with Gasteiger partial charge in [-0.25, -0.2) is 0 Å². The molecule has 1 aromatic carbocycles. The van der Waals surface area contributed by atoms with E-state index < -0.39 is 0 Å². The lowest BCUT2D eigenvalue weighted by molar-refractivity contribution is -0.0234. The number of hydrogen-bond donors (Lipinski definition) is 2. The Morgan fingerprint density at radius 2 is 0.686 bits per heavy atom. The molecule has 0 atom stereocenters. The Morgan fingerprint density at radius 1 is 0.400 bits per heavy atom. The van der Waals surface area contributed by atoms with E-state index in [0.717, 1.165) is 5.75 Å². The van der Waals surface area contributed by atoms with Gasteiger partial charge < -0.3 is 54.1 Å². The Hall–Kier alpha value is -1.54. The van der Waals surface area contributed by atoms with Crippen molar-refractivity contribution >= 4 is 5.69 Å². The third-order valence-electron chi connectivity index (χ3n) is 4.24. The van der Waals surface area contributed by atoms with Crippen molar-refractivity contribution in [1.29, 1.82) is 0 Å². The van der Waals surface area contributed by atoms with Crippen LogP contribution in [0.2, 0.25) is 0 Å². The van der Waals surface area contributed by atoms with E-state index in [-0.39, 0.29) is 0 Å². The average molecular weight is 505 g/mol. The molecule has 0 saturated heterocycles. The Balaban J connectivity index is 1.65. The van der Waals surface area contributed by atoms with Gasteiger partial charge in [-0.05, 0) is 24.3 Å². The van der Waals surface area contributed by atoms with Crippen molar-refractivity contribution in [3.05, 3.63) is 24.3 Å². The molecule has 0 unspecified atom stereocenters. The van der Waals surface area contributed by atoms with Crippen molar-refractivity contribution < 1.29 is 42.6 Å². The van der Waals surface area contributed by atoms with Crippen LogP contribution >= 0.6 is 0 Å². The van der Waals surface area contributed by atoms with Crippen LogP contribution in [0.4, 0.5) is 5.69 Å². The topological polar surface area (TPSA) is 135 Å². The van der Waals surface area contributed by atoms with Gasteiger partial charge in [0.1, 0.15) is 12.4 Å². The molecule has 1 aromatic rings. The van der Waals surface area contributed by atoms with Crippen LogP contribution in [0.25, 0.3) is 0 Å². The summed E-state index contributed by atoms with van der Waals surface area (Å²) in [5.41, 5.74) is 11.7. The zero-order valence-corrected chi connectivity index (χ0v) is 20.9. The summed E-state index contributed by atoms with van der Waals surface area (Å²) in [7, 11) is 0. The molecule has 0 heterocycles. The van der Waals surface area contributed by atoms with E-state index in [9.17, 15) is 0 Å². The van der Waals surface area contributed by atoms with Gasteiger partial charge in [-0.3, -0.25) is 0 Å². The first-order valence-electron chi connectivity index (χ1n) is 12.1. The van der Waals surface area contributed by atoms with Crippen LogP contribution in [-0.2, 0) is 37.9 Å². The molecule has 0 aliphatic heterocycles. The standard InChI is InChI=1S/C24H44N2O9/c25-5-6-27-7-8-28-9-10-29-11-12-30-13-14-31-15-16-32-17-18-33-19-20-34-21-22-35-24-3-1-23(26)2-4-24/h1-4H,5-22,25-26H2. The Morgan fingerprint density at radius 3 is 1.00 bits per heavy atom. The Kier molecular flexibility index (Phi) is 23.0. The van der Waals surface area contributed by atoms with Gasteiger partial charge in [-0.1, -0.05) is 0 Å². The molecule has 4 N–H and O–H groups in total. The van der Waals surface area contributed by atoms with Gasteiger partial charge in [-0.2, -0.15) is 0 Å². The van der Waals surface area contributed by atoms with Crippen LogP contribution in [0, 0.1) is 0 Å². The first-order valence-corrected chi connectivity index (χ1v) is 12.1. The fraction of sp³-hybridized carbons (Fsp3) is 0.750. The molecule has 0 aliphatic carbocycles. The average Bonchev–Trinajstić information content (AvgIpc) is 2.87. The maximum absolute atomic E-state index is 5.63. The van der Waals surface area contributed by atoms with Crippen molar-refractivity contribution in [3.8, 4) is 5.75 Å². The number of rotatable bonds is 27. The molecule has 204 valence electrons. The molecule has 0 fully saturated rings. The summed E-state index contributed by atoms with van der Waals surface area (Å²) >= 11 is 0. The molecule has 11 nitrogen and oxygen atoms in total. The number of ether oxygens (including phenoxy) is 9. The third kappa shape index (κ3) is 22.7. The van der Waals surface area contributed by atoms with Crippen LogP contribution in [-0.4, -0.2) is 119 Å². The predicted octanol–water partition coefficient (Wildman–Crippen LogP) is 0.739. The Labute approximate surface area is 209 Å². The zero-order valence-electron chi connectivity index (χ0n) is 20.9. The summed E-state index contributed by atoms with van der Waals surface area (Å²) in [6, 6.07) is 7.26. The van der Waals surface area contributed by atoms with Crippen molar-refractivity contribution in [3.63, 3.8) is 0 Å². The molecular formula is C24H44N2O9. The summed E-state index contributed by atoms with van der Waals surface area (Å²) in [5, 5.41) is 0. The maximum atomic E-state index is 5.63. The van der Waals surface area contributed by atoms with E-state index in [1.54, 1.807) is 12.1 Å². The van der Waals surface area contributed by atoms with E-state index in [1.807, 2.05) is 12.1 Å². The summed E-state index contributed by atoms with van der Waals surface area (Å²) < 4.78 is 48.7. The summed E-state index contributed by atoms with van der Waals surface area (Å²) in [4.78, 5) is 0. The molecule has 11 heteroatoms. The highest BCUT2D eigenvalue weighted by Gasteiger charge is 1.96. The highest BCUT2D eigenvalue weighted by molar-refractivity contribution is 5.41. The number of anilines is 1. The van der Waals surface area contributed by atoms with Crippen LogP contribution in [0.15, 0.2) is 24.3 Å². The minimum absolute atomic E-state index is 0.480. The van der Waals surface area contributed by atoms with Gasteiger partial charge in [0.2, 0.25) is 0 Å². The van der Waals surface area contributed by atoms with Gasteiger partial charge in [0.25, 0.3) is 0 Å². The highest BCUT2D eigenvalue weighted by Crippen LogP contribution is 2.12. The van der Waals surface area contributed by atoms with E-state index >= 15 is 0 Å². The summed E-state index contributed by atoms with van der Waals surface area (Å²) in [6.45, 7) is 9.42. The number of benzene rings is 1. The zero-order chi connectivity index (χ0) is 25.1. The van der Waals surface area contributed by atoms with Gasteiger partial charge in [-0.15, -0.1) is 0 Å². The summed E-state index contributed by atoms with van der Waals surface area (Å²) in [5.74, 6) is 0.775. The largest absolute Gasteiger partial charge is 0.491 e. The fourth-order valence-electron chi connectivity index (χ4n) is 2.51. The molecule has 1 rings (SSSR count). The van der Waals surface area contributed by atoms with E-state index in [1.165, 1.54) is 0 Å². The molecule has 0 aromatic heterocycles. The van der Waals surface area contributed by atoms with E-state index in [4.69, 9.17) is 54.1 Å².